The summed E-state index contributed by atoms with van der Waals surface area (Å²) in [7, 11) is 0. The quantitative estimate of drug-likeness (QED) is 0.912. The molecule has 2 rings (SSSR count). The number of nitrogens with two attached hydrogens (primary N) is 1. The Kier molecular flexibility index (Phi) is 3.94. The Balaban J connectivity index is 2.25. The molecule has 0 bridgehead atoms. The van der Waals surface area contributed by atoms with Crippen molar-refractivity contribution in [2.24, 2.45) is 5.73 Å². The number of rotatable bonds is 4. The largest absolute Gasteiger partial charge is 0.370 e. The van der Waals surface area contributed by atoms with E-state index in [4.69, 9.17) is 5.73 Å². The van der Waals surface area contributed by atoms with Crippen LogP contribution >= 0.6 is 15.9 Å². The van der Waals surface area contributed by atoms with Crippen molar-refractivity contribution in [2.75, 3.05) is 5.32 Å². The Hall–Kier alpha value is -1.88. The van der Waals surface area contributed by atoms with Gasteiger partial charge in [0.05, 0.1) is 0 Å². The van der Waals surface area contributed by atoms with Gasteiger partial charge in [0, 0.05) is 28.1 Å². The third-order valence-electron chi connectivity index (χ3n) is 2.44. The number of primary amides is 1. The number of hydrogen-bond donors (Lipinski definition) is 2. The van der Waals surface area contributed by atoms with Gasteiger partial charge in [0.2, 0.25) is 5.91 Å². The molecule has 1 atom stereocenters. The first-order valence-corrected chi connectivity index (χ1v) is 6.17. The van der Waals surface area contributed by atoms with E-state index in [1.807, 2.05) is 30.3 Å². The first kappa shape index (κ1) is 12.6. The standard InChI is InChI=1S/C13H12BrN3O/c14-10-4-1-5-11(7-10)17-12(13(15)18)9-3-2-6-16-8-9/h1-8,12,17H,(H2,15,18). The molecule has 0 saturated heterocycles. The van der Waals surface area contributed by atoms with Crippen LogP contribution in [0.5, 0.6) is 0 Å². The zero-order valence-corrected chi connectivity index (χ0v) is 11.1. The summed E-state index contributed by atoms with van der Waals surface area (Å²) >= 11 is 3.38. The molecule has 1 heterocycles. The predicted octanol–water partition coefficient (Wildman–Crippen LogP) is 2.48. The number of carbonyl (C=O) groups is 1. The number of carbonyl (C=O) groups excluding carboxylic acids is 1. The van der Waals surface area contributed by atoms with Gasteiger partial charge in [-0.25, -0.2) is 0 Å². The van der Waals surface area contributed by atoms with Crippen LogP contribution in [0.15, 0.2) is 53.3 Å². The number of hydrogen-bond acceptors (Lipinski definition) is 3. The van der Waals surface area contributed by atoms with Gasteiger partial charge in [-0.3, -0.25) is 9.78 Å². The molecule has 4 nitrogen and oxygen atoms in total. The van der Waals surface area contributed by atoms with E-state index in [2.05, 4.69) is 26.2 Å². The number of nitrogens with zero attached hydrogens (tertiary/aromatic N) is 1. The average molecular weight is 306 g/mol. The highest BCUT2D eigenvalue weighted by Gasteiger charge is 2.17. The van der Waals surface area contributed by atoms with Gasteiger partial charge in [0.15, 0.2) is 0 Å². The second kappa shape index (κ2) is 5.64. The summed E-state index contributed by atoms with van der Waals surface area (Å²) in [5, 5.41) is 3.09. The monoisotopic (exact) mass is 305 g/mol. The molecule has 0 spiro atoms. The lowest BCUT2D eigenvalue weighted by molar-refractivity contribution is -0.118. The lowest BCUT2D eigenvalue weighted by Gasteiger charge is -2.16. The highest BCUT2D eigenvalue weighted by molar-refractivity contribution is 9.10. The molecule has 5 heteroatoms. The predicted molar refractivity (Wildman–Crippen MR) is 73.9 cm³/mol. The van der Waals surface area contributed by atoms with E-state index in [1.54, 1.807) is 18.5 Å². The van der Waals surface area contributed by atoms with Crippen molar-refractivity contribution in [2.45, 2.75) is 6.04 Å². The number of halogens is 1. The average Bonchev–Trinajstić information content (AvgIpc) is 2.37. The fourth-order valence-electron chi connectivity index (χ4n) is 1.61. The lowest BCUT2D eigenvalue weighted by Crippen LogP contribution is -2.27. The van der Waals surface area contributed by atoms with Crippen LogP contribution < -0.4 is 11.1 Å². The first-order valence-electron chi connectivity index (χ1n) is 5.38. The Labute approximate surface area is 113 Å². The van der Waals surface area contributed by atoms with Crippen molar-refractivity contribution >= 4 is 27.5 Å². The molecular formula is C13H12BrN3O. The summed E-state index contributed by atoms with van der Waals surface area (Å²) in [5.74, 6) is -0.442. The molecule has 1 aromatic carbocycles. The molecular weight excluding hydrogens is 294 g/mol. The maximum absolute atomic E-state index is 11.5. The summed E-state index contributed by atoms with van der Waals surface area (Å²) in [4.78, 5) is 15.5. The zero-order chi connectivity index (χ0) is 13.0. The van der Waals surface area contributed by atoms with Gasteiger partial charge in [-0.05, 0) is 24.3 Å². The van der Waals surface area contributed by atoms with E-state index in [1.165, 1.54) is 0 Å². The topological polar surface area (TPSA) is 68.0 Å². The lowest BCUT2D eigenvalue weighted by atomic mass is 10.1. The maximum Gasteiger partial charge on any atom is 0.244 e. The molecule has 92 valence electrons. The van der Waals surface area contributed by atoms with Crippen molar-refractivity contribution in [3.8, 4) is 0 Å². The molecule has 3 N–H and O–H groups in total. The summed E-state index contributed by atoms with van der Waals surface area (Å²) in [5.41, 5.74) is 6.97. The normalized spacial score (nSPS) is 11.8. The molecule has 0 fully saturated rings. The van der Waals surface area contributed by atoms with Gasteiger partial charge in [0.25, 0.3) is 0 Å². The van der Waals surface area contributed by atoms with Crippen LogP contribution in [0.2, 0.25) is 0 Å². The molecule has 0 aliphatic carbocycles. The van der Waals surface area contributed by atoms with Gasteiger partial charge in [-0.2, -0.15) is 0 Å². The van der Waals surface area contributed by atoms with Gasteiger partial charge in [0.1, 0.15) is 6.04 Å². The number of benzene rings is 1. The Bertz CT molecular complexity index is 545. The van der Waals surface area contributed by atoms with Crippen molar-refractivity contribution in [3.05, 3.63) is 58.8 Å². The fraction of sp³-hybridized carbons (Fsp3) is 0.0769. The fourth-order valence-corrected chi connectivity index (χ4v) is 2.01. The van der Waals surface area contributed by atoms with Crippen molar-refractivity contribution in [3.63, 3.8) is 0 Å². The highest BCUT2D eigenvalue weighted by atomic mass is 79.9. The summed E-state index contributed by atoms with van der Waals surface area (Å²) in [6, 6.07) is 10.5. The molecule has 0 aliphatic rings. The molecule has 0 radical (unpaired) electrons. The van der Waals surface area contributed by atoms with Crippen LogP contribution in [0, 0.1) is 0 Å². The number of pyridine rings is 1. The van der Waals surface area contributed by atoms with Crippen LogP contribution in [0.3, 0.4) is 0 Å². The number of amides is 1. The number of anilines is 1. The molecule has 2 aromatic rings. The van der Waals surface area contributed by atoms with Crippen molar-refractivity contribution in [1.82, 2.24) is 4.98 Å². The van der Waals surface area contributed by atoms with Gasteiger partial charge < -0.3 is 11.1 Å². The van der Waals surface area contributed by atoms with Crippen molar-refractivity contribution in [1.29, 1.82) is 0 Å². The van der Waals surface area contributed by atoms with Gasteiger partial charge >= 0.3 is 0 Å². The Morgan fingerprint density at radius 1 is 1.33 bits per heavy atom. The summed E-state index contributed by atoms with van der Waals surface area (Å²) in [6.07, 6.45) is 3.28. The minimum absolute atomic E-state index is 0.442. The summed E-state index contributed by atoms with van der Waals surface area (Å²) < 4.78 is 0.932. The maximum atomic E-state index is 11.5. The minimum atomic E-state index is -0.590. The molecule has 18 heavy (non-hydrogen) atoms. The number of aromatic nitrogens is 1. The zero-order valence-electron chi connectivity index (χ0n) is 9.51. The third-order valence-corrected chi connectivity index (χ3v) is 2.93. The molecule has 1 aromatic heterocycles. The first-order chi connectivity index (χ1) is 8.66. The molecule has 0 aliphatic heterocycles. The van der Waals surface area contributed by atoms with Gasteiger partial charge in [-0.15, -0.1) is 0 Å². The molecule has 0 saturated carbocycles. The van der Waals surface area contributed by atoms with Gasteiger partial charge in [-0.1, -0.05) is 28.1 Å². The Morgan fingerprint density at radius 2 is 2.17 bits per heavy atom. The van der Waals surface area contributed by atoms with Crippen molar-refractivity contribution < 1.29 is 4.79 Å². The van der Waals surface area contributed by atoms with E-state index < -0.39 is 11.9 Å². The minimum Gasteiger partial charge on any atom is -0.370 e. The van der Waals surface area contributed by atoms with Crippen LogP contribution in [-0.4, -0.2) is 10.9 Å². The second-order valence-corrected chi connectivity index (χ2v) is 4.69. The Morgan fingerprint density at radius 3 is 2.78 bits per heavy atom. The summed E-state index contributed by atoms with van der Waals surface area (Å²) in [6.45, 7) is 0. The van der Waals surface area contributed by atoms with E-state index in [0.29, 0.717) is 0 Å². The van der Waals surface area contributed by atoms with Crippen LogP contribution in [0.1, 0.15) is 11.6 Å². The highest BCUT2D eigenvalue weighted by Crippen LogP contribution is 2.21. The van der Waals surface area contributed by atoms with E-state index in [0.717, 1.165) is 15.7 Å². The third kappa shape index (κ3) is 3.07. The van der Waals surface area contributed by atoms with Crippen LogP contribution in [0.4, 0.5) is 5.69 Å². The second-order valence-electron chi connectivity index (χ2n) is 3.78. The smallest absolute Gasteiger partial charge is 0.244 e. The van der Waals surface area contributed by atoms with E-state index in [-0.39, 0.29) is 0 Å². The van der Waals surface area contributed by atoms with E-state index in [9.17, 15) is 4.79 Å². The van der Waals surface area contributed by atoms with E-state index >= 15 is 0 Å². The van der Waals surface area contributed by atoms with Crippen LogP contribution in [-0.2, 0) is 4.79 Å². The molecule has 1 unspecified atom stereocenters. The van der Waals surface area contributed by atoms with Crippen LogP contribution in [0.25, 0.3) is 0 Å². The SMILES string of the molecule is NC(=O)C(Nc1cccc(Br)c1)c1cccnc1. The molecule has 1 amide bonds. The number of nitrogens with one attached hydrogen (secondary N) is 1.